The number of aromatic nitrogens is 2. The first-order valence-electron chi connectivity index (χ1n) is 6.30. The Balaban J connectivity index is 2.01. The lowest BCUT2D eigenvalue weighted by Gasteiger charge is -2.12. The molecule has 1 aromatic heterocycles. The molecule has 21 heavy (non-hydrogen) atoms. The molecule has 0 aliphatic rings. The van der Waals surface area contributed by atoms with E-state index < -0.39 is 11.9 Å². The molecule has 0 saturated carbocycles. The Kier molecular flexibility index (Phi) is 4.22. The number of nitrogens with zero attached hydrogens (tertiary/aromatic N) is 2. The third-order valence-electron chi connectivity index (χ3n) is 2.97. The molecule has 0 spiro atoms. The van der Waals surface area contributed by atoms with Crippen molar-refractivity contribution in [2.24, 2.45) is 0 Å². The third kappa shape index (κ3) is 3.38. The zero-order valence-corrected chi connectivity index (χ0v) is 11.8. The summed E-state index contributed by atoms with van der Waals surface area (Å²) in [6.07, 6.45) is 1.18. The number of imidazole rings is 1. The van der Waals surface area contributed by atoms with E-state index in [2.05, 4.69) is 15.3 Å². The van der Waals surface area contributed by atoms with Crippen LogP contribution in [0.5, 0.6) is 0 Å². The number of anilines is 1. The summed E-state index contributed by atoms with van der Waals surface area (Å²) in [4.78, 5) is 31.0. The smallest absolute Gasteiger partial charge is 0.354 e. The normalized spacial score (nSPS) is 10.2. The Bertz CT molecular complexity index is 646. The van der Waals surface area contributed by atoms with Gasteiger partial charge in [-0.3, -0.25) is 4.79 Å². The molecule has 1 aromatic carbocycles. The maximum absolute atomic E-state index is 11.9. The van der Waals surface area contributed by atoms with Crippen LogP contribution < -0.4 is 10.2 Å². The second-order valence-electron chi connectivity index (χ2n) is 4.67. The lowest BCUT2D eigenvalue weighted by atomic mass is 10.2. The van der Waals surface area contributed by atoms with E-state index in [9.17, 15) is 9.59 Å². The van der Waals surface area contributed by atoms with E-state index in [4.69, 9.17) is 5.11 Å². The molecule has 110 valence electrons. The van der Waals surface area contributed by atoms with Crippen molar-refractivity contribution < 1.29 is 14.7 Å². The number of carbonyl (C=O) groups excluding carboxylic acids is 1. The highest BCUT2D eigenvalue weighted by Crippen LogP contribution is 2.12. The van der Waals surface area contributed by atoms with E-state index in [0.717, 1.165) is 11.3 Å². The van der Waals surface area contributed by atoms with Gasteiger partial charge in [-0.25, -0.2) is 9.78 Å². The van der Waals surface area contributed by atoms with Crippen LogP contribution in [0.2, 0.25) is 0 Å². The molecule has 0 unspecified atom stereocenters. The molecule has 1 heterocycles. The van der Waals surface area contributed by atoms with Crippen LogP contribution in [-0.4, -0.2) is 41.0 Å². The number of hydrogen-bond acceptors (Lipinski definition) is 4. The summed E-state index contributed by atoms with van der Waals surface area (Å²) >= 11 is 0. The molecule has 2 rings (SSSR count). The van der Waals surface area contributed by atoms with Gasteiger partial charge in [0.1, 0.15) is 0 Å². The predicted octanol–water partition coefficient (Wildman–Crippen LogP) is 1.10. The van der Waals surface area contributed by atoms with Crippen molar-refractivity contribution in [2.75, 3.05) is 19.0 Å². The van der Waals surface area contributed by atoms with Crippen molar-refractivity contribution in [1.82, 2.24) is 15.3 Å². The SMILES string of the molecule is CN(C)c1ccc(CNC(=O)c2nc[nH]c2C(=O)O)cc1. The first-order chi connectivity index (χ1) is 9.99. The summed E-state index contributed by atoms with van der Waals surface area (Å²) in [6, 6.07) is 7.69. The summed E-state index contributed by atoms with van der Waals surface area (Å²) in [5.41, 5.74) is 1.65. The maximum atomic E-state index is 11.9. The highest BCUT2D eigenvalue weighted by atomic mass is 16.4. The molecule has 7 nitrogen and oxygen atoms in total. The van der Waals surface area contributed by atoms with Crippen LogP contribution in [0.1, 0.15) is 26.5 Å². The number of carboxylic acid groups (broad SMARTS) is 1. The summed E-state index contributed by atoms with van der Waals surface area (Å²) in [5.74, 6) is -1.74. The maximum Gasteiger partial charge on any atom is 0.354 e. The van der Waals surface area contributed by atoms with Gasteiger partial charge < -0.3 is 20.3 Å². The van der Waals surface area contributed by atoms with E-state index >= 15 is 0 Å². The van der Waals surface area contributed by atoms with Crippen molar-refractivity contribution in [3.8, 4) is 0 Å². The first-order valence-corrected chi connectivity index (χ1v) is 6.30. The molecule has 7 heteroatoms. The molecule has 0 bridgehead atoms. The molecule has 0 fully saturated rings. The Morgan fingerprint density at radius 1 is 1.29 bits per heavy atom. The van der Waals surface area contributed by atoms with Crippen LogP contribution in [-0.2, 0) is 6.54 Å². The van der Waals surface area contributed by atoms with Gasteiger partial charge in [-0.2, -0.15) is 0 Å². The fourth-order valence-electron chi connectivity index (χ4n) is 1.81. The van der Waals surface area contributed by atoms with E-state index in [-0.39, 0.29) is 11.4 Å². The fraction of sp³-hybridized carbons (Fsp3) is 0.214. The lowest BCUT2D eigenvalue weighted by molar-refractivity contribution is 0.0685. The van der Waals surface area contributed by atoms with Crippen molar-refractivity contribution in [3.05, 3.63) is 47.5 Å². The van der Waals surface area contributed by atoms with Gasteiger partial charge in [-0.15, -0.1) is 0 Å². The van der Waals surface area contributed by atoms with Crippen LogP contribution in [0.15, 0.2) is 30.6 Å². The summed E-state index contributed by atoms with van der Waals surface area (Å²) in [6.45, 7) is 0.304. The van der Waals surface area contributed by atoms with E-state index in [1.165, 1.54) is 6.33 Å². The number of amides is 1. The zero-order valence-electron chi connectivity index (χ0n) is 11.8. The molecule has 0 saturated heterocycles. The summed E-state index contributed by atoms with van der Waals surface area (Å²) < 4.78 is 0. The highest BCUT2D eigenvalue weighted by Gasteiger charge is 2.19. The molecule has 0 atom stereocenters. The minimum Gasteiger partial charge on any atom is -0.477 e. The molecule has 0 radical (unpaired) electrons. The van der Waals surface area contributed by atoms with Gasteiger partial charge in [-0.05, 0) is 17.7 Å². The van der Waals surface area contributed by atoms with Gasteiger partial charge in [0.25, 0.3) is 5.91 Å². The largest absolute Gasteiger partial charge is 0.477 e. The standard InChI is InChI=1S/C14H16N4O3/c1-18(2)10-5-3-9(4-6-10)7-15-13(19)11-12(14(20)21)17-8-16-11/h3-6,8H,7H2,1-2H3,(H,15,19)(H,16,17)(H,20,21). The monoisotopic (exact) mass is 288 g/mol. The number of hydrogen-bond donors (Lipinski definition) is 3. The minimum atomic E-state index is -1.21. The van der Waals surface area contributed by atoms with E-state index in [1.54, 1.807) is 0 Å². The van der Waals surface area contributed by atoms with Gasteiger partial charge >= 0.3 is 5.97 Å². The summed E-state index contributed by atoms with van der Waals surface area (Å²) in [7, 11) is 3.89. The number of carboxylic acids is 1. The Hall–Kier alpha value is -2.83. The van der Waals surface area contributed by atoms with E-state index in [0.29, 0.717) is 6.54 Å². The topological polar surface area (TPSA) is 98.3 Å². The van der Waals surface area contributed by atoms with Crippen molar-refractivity contribution in [2.45, 2.75) is 6.54 Å². The lowest BCUT2D eigenvalue weighted by Crippen LogP contribution is -2.25. The molecular formula is C14H16N4O3. The second-order valence-corrected chi connectivity index (χ2v) is 4.67. The fourth-order valence-corrected chi connectivity index (χ4v) is 1.81. The molecule has 1 amide bonds. The first kappa shape index (κ1) is 14.6. The van der Waals surface area contributed by atoms with Crippen LogP contribution in [0.25, 0.3) is 0 Å². The minimum absolute atomic E-state index is 0.118. The number of aromatic amines is 1. The van der Waals surface area contributed by atoms with Gasteiger partial charge in [0.15, 0.2) is 11.4 Å². The summed E-state index contributed by atoms with van der Waals surface area (Å²) in [5, 5.41) is 11.6. The number of benzene rings is 1. The van der Waals surface area contributed by atoms with Crippen LogP contribution in [0.4, 0.5) is 5.69 Å². The average molecular weight is 288 g/mol. The molecule has 0 aliphatic carbocycles. The highest BCUT2D eigenvalue weighted by molar-refractivity contribution is 6.02. The second kappa shape index (κ2) is 6.08. The van der Waals surface area contributed by atoms with Crippen LogP contribution in [0.3, 0.4) is 0 Å². The number of rotatable bonds is 5. The van der Waals surface area contributed by atoms with E-state index in [1.807, 2.05) is 43.3 Å². The van der Waals surface area contributed by atoms with Crippen molar-refractivity contribution in [1.29, 1.82) is 0 Å². The molecular weight excluding hydrogens is 272 g/mol. The van der Waals surface area contributed by atoms with Gasteiger partial charge in [0.05, 0.1) is 6.33 Å². The third-order valence-corrected chi connectivity index (χ3v) is 2.97. The average Bonchev–Trinajstić information content (AvgIpc) is 2.95. The number of H-pyrrole nitrogens is 1. The quantitative estimate of drug-likeness (QED) is 0.765. The Morgan fingerprint density at radius 2 is 1.95 bits per heavy atom. The van der Waals surface area contributed by atoms with Gasteiger partial charge in [0, 0.05) is 26.3 Å². The van der Waals surface area contributed by atoms with Crippen LogP contribution in [0, 0.1) is 0 Å². The number of carbonyl (C=O) groups is 2. The van der Waals surface area contributed by atoms with Crippen molar-refractivity contribution in [3.63, 3.8) is 0 Å². The Morgan fingerprint density at radius 3 is 2.52 bits per heavy atom. The molecule has 3 N–H and O–H groups in total. The van der Waals surface area contributed by atoms with Gasteiger partial charge in [0.2, 0.25) is 0 Å². The number of nitrogens with one attached hydrogen (secondary N) is 2. The van der Waals surface area contributed by atoms with Crippen molar-refractivity contribution >= 4 is 17.6 Å². The van der Waals surface area contributed by atoms with Crippen LogP contribution >= 0.6 is 0 Å². The number of aromatic carboxylic acids is 1. The molecule has 0 aliphatic heterocycles. The Labute approximate surface area is 121 Å². The molecule has 2 aromatic rings. The van der Waals surface area contributed by atoms with Gasteiger partial charge in [-0.1, -0.05) is 12.1 Å². The predicted molar refractivity (Wildman–Crippen MR) is 77.5 cm³/mol. The zero-order chi connectivity index (χ0) is 15.4.